The molecular formula is C22H25ClFN5O. The molecule has 1 saturated heterocycles. The van der Waals surface area contributed by atoms with E-state index < -0.39 is 0 Å². The number of hydrogen-bond acceptors (Lipinski definition) is 3. The lowest BCUT2D eigenvalue weighted by molar-refractivity contribution is 0.100. The van der Waals surface area contributed by atoms with Gasteiger partial charge in [-0.05, 0) is 54.8 Å². The van der Waals surface area contributed by atoms with Crippen molar-refractivity contribution in [3.8, 4) is 0 Å². The molecule has 2 aromatic carbocycles. The second-order valence-corrected chi connectivity index (χ2v) is 8.16. The van der Waals surface area contributed by atoms with Gasteiger partial charge in [-0.25, -0.2) is 15.2 Å². The molecule has 1 heterocycles. The van der Waals surface area contributed by atoms with Crippen molar-refractivity contribution in [3.05, 3.63) is 70.5 Å². The van der Waals surface area contributed by atoms with E-state index in [1.807, 2.05) is 0 Å². The van der Waals surface area contributed by atoms with E-state index in [-0.39, 0.29) is 23.9 Å². The smallest absolute Gasteiger partial charge is 0.280 e. The minimum atomic E-state index is -0.333. The van der Waals surface area contributed by atoms with Crippen molar-refractivity contribution in [1.82, 2.24) is 21.5 Å². The molecule has 2 fully saturated rings. The molecule has 1 amide bonds. The molecule has 8 heteroatoms. The number of carbonyl (C=O) groups is 1. The van der Waals surface area contributed by atoms with Crippen molar-refractivity contribution < 1.29 is 9.18 Å². The minimum absolute atomic E-state index is 0.0304. The van der Waals surface area contributed by atoms with E-state index in [0.29, 0.717) is 29.0 Å². The Morgan fingerprint density at radius 2 is 1.70 bits per heavy atom. The van der Waals surface area contributed by atoms with Crippen LogP contribution in [0.4, 0.5) is 4.39 Å². The second-order valence-electron chi connectivity index (χ2n) is 7.72. The third-order valence-electron chi connectivity index (χ3n) is 5.49. The molecule has 6 nitrogen and oxygen atoms in total. The highest BCUT2D eigenvalue weighted by molar-refractivity contribution is 6.30. The SMILES string of the molecule is O=C(/N=C(/NC1CCCC1)NC1CC(c2ccc(F)cc2)NN1)c1ccc(Cl)cc1. The fourth-order valence-corrected chi connectivity index (χ4v) is 3.98. The zero-order valence-corrected chi connectivity index (χ0v) is 17.3. The van der Waals surface area contributed by atoms with Crippen LogP contribution in [0.3, 0.4) is 0 Å². The highest BCUT2D eigenvalue weighted by atomic mass is 35.5. The molecular weight excluding hydrogens is 405 g/mol. The van der Waals surface area contributed by atoms with E-state index in [9.17, 15) is 9.18 Å². The van der Waals surface area contributed by atoms with Gasteiger partial charge in [-0.2, -0.15) is 4.99 Å². The molecule has 2 unspecified atom stereocenters. The first-order valence-electron chi connectivity index (χ1n) is 10.2. The molecule has 1 saturated carbocycles. The maximum atomic E-state index is 13.2. The number of amides is 1. The van der Waals surface area contributed by atoms with Crippen LogP contribution in [0.15, 0.2) is 53.5 Å². The summed E-state index contributed by atoms with van der Waals surface area (Å²) in [6, 6.07) is 13.5. The number of aliphatic imine (C=N–C) groups is 1. The van der Waals surface area contributed by atoms with E-state index in [4.69, 9.17) is 11.6 Å². The number of carbonyl (C=O) groups excluding carboxylic acids is 1. The third kappa shape index (κ3) is 5.36. The van der Waals surface area contributed by atoms with E-state index in [1.165, 1.54) is 25.0 Å². The summed E-state index contributed by atoms with van der Waals surface area (Å²) in [5.74, 6) is -0.128. The Morgan fingerprint density at radius 3 is 2.40 bits per heavy atom. The van der Waals surface area contributed by atoms with Crippen LogP contribution in [0.5, 0.6) is 0 Å². The predicted octanol–water partition coefficient (Wildman–Crippen LogP) is 3.66. The van der Waals surface area contributed by atoms with Crippen LogP contribution in [0, 0.1) is 5.82 Å². The summed E-state index contributed by atoms with van der Waals surface area (Å²) in [7, 11) is 0. The van der Waals surface area contributed by atoms with E-state index >= 15 is 0 Å². The Bertz CT molecular complexity index is 897. The van der Waals surface area contributed by atoms with Crippen molar-refractivity contribution in [2.75, 3.05) is 0 Å². The van der Waals surface area contributed by atoms with E-state index in [1.54, 1.807) is 36.4 Å². The van der Waals surface area contributed by atoms with Gasteiger partial charge in [0.1, 0.15) is 5.82 Å². The minimum Gasteiger partial charge on any atom is -0.353 e. The Morgan fingerprint density at radius 1 is 1.00 bits per heavy atom. The second kappa shape index (κ2) is 9.55. The zero-order valence-electron chi connectivity index (χ0n) is 16.5. The van der Waals surface area contributed by atoms with Gasteiger partial charge >= 0.3 is 0 Å². The number of nitrogens with zero attached hydrogens (tertiary/aromatic N) is 1. The molecule has 2 atom stereocenters. The van der Waals surface area contributed by atoms with E-state index in [0.717, 1.165) is 18.4 Å². The fourth-order valence-electron chi connectivity index (χ4n) is 3.86. The largest absolute Gasteiger partial charge is 0.353 e. The number of rotatable bonds is 4. The molecule has 4 N–H and O–H groups in total. The van der Waals surface area contributed by atoms with E-state index in [2.05, 4.69) is 26.5 Å². The topological polar surface area (TPSA) is 77.5 Å². The Kier molecular flexibility index (Phi) is 6.62. The average molecular weight is 430 g/mol. The molecule has 1 aliphatic heterocycles. The predicted molar refractivity (Wildman–Crippen MR) is 116 cm³/mol. The van der Waals surface area contributed by atoms with Gasteiger partial charge in [0, 0.05) is 29.1 Å². The first-order chi connectivity index (χ1) is 14.6. The lowest BCUT2D eigenvalue weighted by Gasteiger charge is -2.20. The number of benzene rings is 2. The molecule has 30 heavy (non-hydrogen) atoms. The molecule has 1 aliphatic carbocycles. The van der Waals surface area contributed by atoms with Crippen LogP contribution in [0.2, 0.25) is 5.02 Å². The molecule has 158 valence electrons. The summed E-state index contributed by atoms with van der Waals surface area (Å²) in [6.45, 7) is 0. The summed E-state index contributed by atoms with van der Waals surface area (Å²) in [5, 5.41) is 7.28. The Balaban J connectivity index is 1.45. The Labute approximate surface area is 180 Å². The van der Waals surface area contributed by atoms with Crippen LogP contribution in [-0.2, 0) is 0 Å². The van der Waals surface area contributed by atoms with Gasteiger partial charge in [0.05, 0.1) is 6.17 Å². The number of guanidine groups is 1. The quantitative estimate of drug-likeness (QED) is 0.440. The highest BCUT2D eigenvalue weighted by Gasteiger charge is 2.27. The van der Waals surface area contributed by atoms with Crippen LogP contribution in [-0.4, -0.2) is 24.1 Å². The maximum absolute atomic E-state index is 13.2. The van der Waals surface area contributed by atoms with Crippen LogP contribution in [0.1, 0.15) is 54.1 Å². The molecule has 2 aliphatic rings. The van der Waals surface area contributed by atoms with Crippen LogP contribution >= 0.6 is 11.6 Å². The van der Waals surface area contributed by atoms with Crippen LogP contribution < -0.4 is 21.5 Å². The van der Waals surface area contributed by atoms with Crippen molar-refractivity contribution in [2.45, 2.75) is 50.4 Å². The standard InChI is InChI=1S/C22H25ClFN5O/c23-16-9-5-15(6-10-16)21(30)27-22(25-18-3-1-2-4-18)26-20-13-19(28-29-20)14-7-11-17(24)12-8-14/h5-12,18-20,28-29H,1-4,13H2,(H2,25,26,27,30). The fraction of sp³-hybridized carbons (Fsp3) is 0.364. The lowest BCUT2D eigenvalue weighted by atomic mass is 10.0. The zero-order chi connectivity index (χ0) is 20.9. The summed E-state index contributed by atoms with van der Waals surface area (Å²) in [5.41, 5.74) is 7.88. The third-order valence-corrected chi connectivity index (χ3v) is 5.74. The number of halogens is 2. The monoisotopic (exact) mass is 429 g/mol. The molecule has 4 rings (SSSR count). The van der Waals surface area contributed by atoms with Gasteiger partial charge < -0.3 is 10.6 Å². The lowest BCUT2D eigenvalue weighted by Crippen LogP contribution is -2.51. The van der Waals surface area contributed by atoms with Gasteiger partial charge in [0.25, 0.3) is 5.91 Å². The molecule has 0 spiro atoms. The first-order valence-corrected chi connectivity index (χ1v) is 10.6. The highest BCUT2D eigenvalue weighted by Crippen LogP contribution is 2.22. The summed E-state index contributed by atoms with van der Waals surface area (Å²) in [4.78, 5) is 17.0. The number of nitrogens with one attached hydrogen (secondary N) is 4. The van der Waals surface area contributed by atoms with Crippen molar-refractivity contribution in [1.29, 1.82) is 0 Å². The van der Waals surface area contributed by atoms with Gasteiger partial charge in [-0.15, -0.1) is 0 Å². The van der Waals surface area contributed by atoms with Gasteiger partial charge in [-0.3, -0.25) is 4.79 Å². The molecule has 0 aromatic heterocycles. The summed E-state index contributed by atoms with van der Waals surface area (Å²) >= 11 is 5.91. The summed E-state index contributed by atoms with van der Waals surface area (Å²) in [6.07, 6.45) is 5.05. The molecule has 2 aromatic rings. The van der Waals surface area contributed by atoms with Crippen molar-refractivity contribution >= 4 is 23.5 Å². The molecule has 0 bridgehead atoms. The first kappa shape index (κ1) is 20.8. The molecule has 0 radical (unpaired) electrons. The normalized spacial score (nSPS) is 22.3. The maximum Gasteiger partial charge on any atom is 0.280 e. The Hall–Kier alpha value is -2.48. The van der Waals surface area contributed by atoms with Gasteiger partial charge in [-0.1, -0.05) is 36.6 Å². The number of hydrogen-bond donors (Lipinski definition) is 4. The van der Waals surface area contributed by atoms with Gasteiger partial charge in [0.15, 0.2) is 0 Å². The average Bonchev–Trinajstić information content (AvgIpc) is 3.41. The van der Waals surface area contributed by atoms with Crippen molar-refractivity contribution in [2.24, 2.45) is 4.99 Å². The number of hydrazine groups is 1. The van der Waals surface area contributed by atoms with Crippen LogP contribution in [0.25, 0.3) is 0 Å². The van der Waals surface area contributed by atoms with Crippen molar-refractivity contribution in [3.63, 3.8) is 0 Å². The summed E-state index contributed by atoms with van der Waals surface area (Å²) < 4.78 is 13.2. The van der Waals surface area contributed by atoms with Gasteiger partial charge in [0.2, 0.25) is 5.96 Å².